The number of methoxy groups -OCH3 is 1. The Kier molecular flexibility index (Phi) is 7.95. The number of H-pyrrole nitrogens is 1. The molecule has 5 rings (SSSR count). The van der Waals surface area contributed by atoms with Crippen molar-refractivity contribution in [1.82, 2.24) is 30.1 Å². The van der Waals surface area contributed by atoms with Gasteiger partial charge in [0.1, 0.15) is 5.75 Å². The van der Waals surface area contributed by atoms with Crippen molar-refractivity contribution in [2.24, 2.45) is 5.92 Å². The Bertz CT molecular complexity index is 1530. The molecule has 1 atom stereocenters. The molecule has 5 aromatic rings. The van der Waals surface area contributed by atoms with E-state index in [1.807, 2.05) is 47.1 Å². The number of nitrogens with one attached hydrogen (secondary N) is 1. The molecule has 0 fully saturated rings. The molecular weight excluding hydrogens is 496 g/mol. The number of thiophene rings is 1. The van der Waals surface area contributed by atoms with Gasteiger partial charge in [-0.25, -0.2) is 4.68 Å². The van der Waals surface area contributed by atoms with E-state index in [-0.39, 0.29) is 17.5 Å². The molecule has 38 heavy (non-hydrogen) atoms. The highest BCUT2D eigenvalue weighted by Crippen LogP contribution is 2.31. The molecule has 0 aliphatic heterocycles. The molecule has 0 amide bonds. The highest BCUT2D eigenvalue weighted by Gasteiger charge is 2.30. The Morgan fingerprint density at radius 3 is 2.63 bits per heavy atom. The average Bonchev–Trinajstić information content (AvgIpc) is 3.60. The second kappa shape index (κ2) is 11.7. The number of pyridine rings is 1. The van der Waals surface area contributed by atoms with Crippen molar-refractivity contribution >= 4 is 22.2 Å². The number of tetrazole rings is 1. The summed E-state index contributed by atoms with van der Waals surface area (Å²) < 4.78 is 7.24. The predicted molar refractivity (Wildman–Crippen MR) is 150 cm³/mol. The van der Waals surface area contributed by atoms with E-state index in [4.69, 9.17) is 4.74 Å². The second-order valence-corrected chi connectivity index (χ2v) is 10.8. The average molecular weight is 529 g/mol. The van der Waals surface area contributed by atoms with E-state index in [1.165, 1.54) is 10.4 Å². The van der Waals surface area contributed by atoms with Gasteiger partial charge >= 0.3 is 0 Å². The van der Waals surface area contributed by atoms with Crippen LogP contribution >= 0.6 is 11.3 Å². The van der Waals surface area contributed by atoms with E-state index in [0.29, 0.717) is 30.9 Å². The number of aromatic nitrogens is 5. The van der Waals surface area contributed by atoms with Gasteiger partial charge in [0.25, 0.3) is 5.56 Å². The van der Waals surface area contributed by atoms with Gasteiger partial charge in [-0.15, -0.1) is 16.4 Å². The standard InChI is InChI=1S/C29H32N6O2S/c1-20(2)27(28-31-32-33-35(28)14-13-21-8-5-4-6-9-21)34(19-25-10-7-15-38-25)18-23-16-22-11-12-24(37-3)17-26(22)30-29(23)36/h4-12,15-17,20,27H,13-14,18-19H2,1-3H3,(H,30,36). The molecule has 0 saturated carbocycles. The maximum atomic E-state index is 13.2. The number of hydrogen-bond acceptors (Lipinski definition) is 7. The number of ether oxygens (including phenoxy) is 1. The lowest BCUT2D eigenvalue weighted by Crippen LogP contribution is -2.35. The number of benzene rings is 2. The summed E-state index contributed by atoms with van der Waals surface area (Å²) in [6, 6.07) is 22.2. The minimum Gasteiger partial charge on any atom is -0.497 e. The topological polar surface area (TPSA) is 88.9 Å². The zero-order valence-electron chi connectivity index (χ0n) is 21.9. The number of rotatable bonds is 11. The van der Waals surface area contributed by atoms with Crippen LogP contribution in [0.2, 0.25) is 0 Å². The predicted octanol–water partition coefficient (Wildman–Crippen LogP) is 5.23. The largest absolute Gasteiger partial charge is 0.497 e. The van der Waals surface area contributed by atoms with Gasteiger partial charge in [-0.3, -0.25) is 9.69 Å². The first-order valence-corrected chi connectivity index (χ1v) is 13.7. The summed E-state index contributed by atoms with van der Waals surface area (Å²) in [5.41, 5.74) is 2.60. The summed E-state index contributed by atoms with van der Waals surface area (Å²) >= 11 is 1.71. The minimum atomic E-state index is -0.104. The Morgan fingerprint density at radius 2 is 1.89 bits per heavy atom. The molecule has 1 N–H and O–H groups in total. The first-order valence-electron chi connectivity index (χ1n) is 12.8. The van der Waals surface area contributed by atoms with Crippen LogP contribution in [0.3, 0.4) is 0 Å². The van der Waals surface area contributed by atoms with Gasteiger partial charge in [-0.1, -0.05) is 50.2 Å². The number of aryl methyl sites for hydroxylation is 2. The van der Waals surface area contributed by atoms with Crippen LogP contribution in [0.25, 0.3) is 10.9 Å². The van der Waals surface area contributed by atoms with Crippen molar-refractivity contribution in [2.45, 2.75) is 45.9 Å². The Morgan fingerprint density at radius 1 is 1.05 bits per heavy atom. The Balaban J connectivity index is 1.48. The third-order valence-electron chi connectivity index (χ3n) is 6.75. The van der Waals surface area contributed by atoms with Crippen LogP contribution < -0.4 is 10.3 Å². The first-order chi connectivity index (χ1) is 18.5. The van der Waals surface area contributed by atoms with Crippen molar-refractivity contribution in [1.29, 1.82) is 0 Å². The third kappa shape index (κ3) is 5.84. The van der Waals surface area contributed by atoms with Crippen LogP contribution in [-0.2, 0) is 26.1 Å². The molecule has 0 aliphatic rings. The van der Waals surface area contributed by atoms with Crippen LogP contribution in [0.1, 0.15) is 41.7 Å². The Labute approximate surface area is 225 Å². The fourth-order valence-corrected chi connectivity index (χ4v) is 5.62. The molecule has 3 heterocycles. The molecule has 9 heteroatoms. The van der Waals surface area contributed by atoms with Gasteiger partial charge in [0.05, 0.1) is 18.7 Å². The number of nitrogens with zero attached hydrogens (tertiary/aromatic N) is 5. The van der Waals surface area contributed by atoms with Crippen molar-refractivity contribution in [2.75, 3.05) is 7.11 Å². The highest BCUT2D eigenvalue weighted by atomic mass is 32.1. The van der Waals surface area contributed by atoms with Crippen LogP contribution in [0.15, 0.2) is 76.9 Å². The molecule has 8 nitrogen and oxygen atoms in total. The monoisotopic (exact) mass is 528 g/mol. The molecular formula is C29H32N6O2S. The smallest absolute Gasteiger partial charge is 0.252 e. The summed E-state index contributed by atoms with van der Waals surface area (Å²) in [6.45, 7) is 6.19. The summed E-state index contributed by atoms with van der Waals surface area (Å²) in [6.07, 6.45) is 0.836. The SMILES string of the molecule is COc1ccc2cc(CN(Cc3cccs3)C(c3nnnn3CCc3ccccc3)C(C)C)c(=O)[nH]c2c1. The van der Waals surface area contributed by atoms with Crippen LogP contribution in [0, 0.1) is 5.92 Å². The molecule has 2 aromatic carbocycles. The van der Waals surface area contributed by atoms with E-state index >= 15 is 0 Å². The number of hydrogen-bond donors (Lipinski definition) is 1. The van der Waals surface area contributed by atoms with Gasteiger partial charge < -0.3 is 9.72 Å². The van der Waals surface area contributed by atoms with Gasteiger partial charge in [-0.05, 0) is 63.4 Å². The van der Waals surface area contributed by atoms with E-state index in [0.717, 1.165) is 23.1 Å². The second-order valence-electron chi connectivity index (χ2n) is 9.75. The molecule has 0 spiro atoms. The van der Waals surface area contributed by atoms with Gasteiger partial charge in [0.15, 0.2) is 5.82 Å². The van der Waals surface area contributed by atoms with Crippen molar-refractivity contribution in [3.05, 3.63) is 104 Å². The maximum Gasteiger partial charge on any atom is 0.252 e. The summed E-state index contributed by atoms with van der Waals surface area (Å²) in [7, 11) is 1.62. The Hall–Kier alpha value is -3.82. The summed E-state index contributed by atoms with van der Waals surface area (Å²) in [5.74, 6) is 1.73. The molecule has 0 aliphatic carbocycles. The van der Waals surface area contributed by atoms with Crippen LogP contribution in [0.5, 0.6) is 5.75 Å². The highest BCUT2D eigenvalue weighted by molar-refractivity contribution is 7.09. The fraction of sp³-hybridized carbons (Fsp3) is 0.310. The minimum absolute atomic E-state index is 0.0890. The molecule has 0 saturated heterocycles. The zero-order valence-corrected chi connectivity index (χ0v) is 22.7. The van der Waals surface area contributed by atoms with Crippen molar-refractivity contribution < 1.29 is 4.74 Å². The molecule has 0 bridgehead atoms. The van der Waals surface area contributed by atoms with Gasteiger partial charge in [0, 0.05) is 36.1 Å². The van der Waals surface area contributed by atoms with Gasteiger partial charge in [0.2, 0.25) is 0 Å². The maximum absolute atomic E-state index is 13.2. The quantitative estimate of drug-likeness (QED) is 0.253. The molecule has 1 unspecified atom stereocenters. The van der Waals surface area contributed by atoms with Crippen LogP contribution in [0.4, 0.5) is 0 Å². The van der Waals surface area contributed by atoms with E-state index in [9.17, 15) is 4.79 Å². The normalized spacial score (nSPS) is 12.4. The van der Waals surface area contributed by atoms with Crippen molar-refractivity contribution in [3.8, 4) is 5.75 Å². The van der Waals surface area contributed by atoms with Crippen LogP contribution in [-0.4, -0.2) is 37.2 Å². The number of fused-ring (bicyclic) bond motifs is 1. The first kappa shape index (κ1) is 25.8. The van der Waals surface area contributed by atoms with Gasteiger partial charge in [-0.2, -0.15) is 0 Å². The molecule has 3 aromatic heterocycles. The lowest BCUT2D eigenvalue weighted by atomic mass is 10.00. The zero-order chi connectivity index (χ0) is 26.5. The van der Waals surface area contributed by atoms with Crippen molar-refractivity contribution in [3.63, 3.8) is 0 Å². The van der Waals surface area contributed by atoms with E-state index in [1.54, 1.807) is 18.4 Å². The third-order valence-corrected chi connectivity index (χ3v) is 7.61. The summed E-state index contributed by atoms with van der Waals surface area (Å²) in [4.78, 5) is 19.8. The van der Waals surface area contributed by atoms with E-state index in [2.05, 4.69) is 68.9 Å². The molecule has 196 valence electrons. The fourth-order valence-electron chi connectivity index (χ4n) is 4.89. The van der Waals surface area contributed by atoms with E-state index < -0.39 is 0 Å². The lowest BCUT2D eigenvalue weighted by molar-refractivity contribution is 0.127. The molecule has 0 radical (unpaired) electrons. The lowest BCUT2D eigenvalue weighted by Gasteiger charge is -2.33. The summed E-state index contributed by atoms with van der Waals surface area (Å²) in [5, 5.41) is 15.9. The number of aromatic amines is 1.